The van der Waals surface area contributed by atoms with Crippen LogP contribution in [0.25, 0.3) is 0 Å². The van der Waals surface area contributed by atoms with Gasteiger partial charge >= 0.3 is 0 Å². The number of carbonyl (C=O) groups excluding carboxylic acids is 2. The number of aliphatic hydroxyl groups is 1. The van der Waals surface area contributed by atoms with Gasteiger partial charge in [0.05, 0.1) is 6.42 Å². The van der Waals surface area contributed by atoms with Crippen LogP contribution in [0.1, 0.15) is 91.4 Å². The van der Waals surface area contributed by atoms with E-state index in [1.807, 2.05) is 13.1 Å². The van der Waals surface area contributed by atoms with E-state index in [2.05, 4.69) is 32.6 Å². The summed E-state index contributed by atoms with van der Waals surface area (Å²) in [7, 11) is 1.84. The Labute approximate surface area is 194 Å². The van der Waals surface area contributed by atoms with Gasteiger partial charge in [0.1, 0.15) is 5.60 Å². The third-order valence-electron chi connectivity index (χ3n) is 9.92. The second-order valence-electron chi connectivity index (χ2n) is 11.5. The predicted molar refractivity (Wildman–Crippen MR) is 127 cm³/mol. The number of carbonyl (C=O) groups is 2. The lowest BCUT2D eigenvalue weighted by Crippen LogP contribution is -2.54. The first-order chi connectivity index (χ1) is 15.1. The highest BCUT2D eigenvalue weighted by molar-refractivity contribution is 5.91. The van der Waals surface area contributed by atoms with Gasteiger partial charge in [0.25, 0.3) is 0 Å². The van der Waals surface area contributed by atoms with E-state index in [0.717, 1.165) is 57.9 Å². The summed E-state index contributed by atoms with van der Waals surface area (Å²) in [6, 6.07) is 0. The van der Waals surface area contributed by atoms with Crippen molar-refractivity contribution in [2.75, 3.05) is 13.6 Å². The molecule has 0 aromatic heterocycles. The molecule has 0 aromatic carbocycles. The fraction of sp³-hybridized carbons (Fsp3) is 0.786. The summed E-state index contributed by atoms with van der Waals surface area (Å²) in [5.74, 6) is 8.31. The number of fused-ring (bicyclic) bond motifs is 5. The van der Waals surface area contributed by atoms with Gasteiger partial charge in [0.2, 0.25) is 5.91 Å². The Bertz CT molecular complexity index is 866. The van der Waals surface area contributed by atoms with E-state index >= 15 is 0 Å². The third kappa shape index (κ3) is 3.75. The minimum Gasteiger partial charge on any atom is -0.377 e. The molecule has 4 nitrogen and oxygen atoms in total. The van der Waals surface area contributed by atoms with E-state index < -0.39 is 5.60 Å². The predicted octanol–water partition coefficient (Wildman–Crippen LogP) is 4.90. The average molecular weight is 440 g/mol. The molecule has 3 saturated carbocycles. The summed E-state index contributed by atoms with van der Waals surface area (Å²) in [6.07, 6.45) is 11.8. The molecule has 176 valence electrons. The fourth-order valence-electron chi connectivity index (χ4n) is 7.70. The highest BCUT2D eigenvalue weighted by Crippen LogP contribution is 2.67. The van der Waals surface area contributed by atoms with Gasteiger partial charge < -0.3 is 10.0 Å². The van der Waals surface area contributed by atoms with Crippen LogP contribution in [0.15, 0.2) is 11.6 Å². The molecule has 32 heavy (non-hydrogen) atoms. The zero-order valence-corrected chi connectivity index (χ0v) is 20.5. The number of hydrogen-bond donors (Lipinski definition) is 1. The van der Waals surface area contributed by atoms with Crippen LogP contribution in [-0.2, 0) is 9.59 Å². The molecule has 1 amide bonds. The number of hydrogen-bond acceptors (Lipinski definition) is 3. The van der Waals surface area contributed by atoms with Crippen molar-refractivity contribution in [2.45, 2.75) is 97.0 Å². The molecule has 0 radical (unpaired) electrons. The summed E-state index contributed by atoms with van der Waals surface area (Å²) in [5.41, 5.74) is 0.336. The average Bonchev–Trinajstić information content (AvgIpc) is 3.03. The number of ketones is 1. The molecule has 3 unspecified atom stereocenters. The SMILES string of the molecule is CCCCN(C)C(=O)CC#C[C@]1(O)CCC2C3CCC4=CC(=O)CC[C@]4(C)C3CC[C@@]21C. The van der Waals surface area contributed by atoms with Gasteiger partial charge in [0, 0.05) is 25.4 Å². The van der Waals surface area contributed by atoms with Crippen LogP contribution in [0, 0.1) is 40.4 Å². The standard InChI is InChI=1S/C28H41NO3/c1-5-6-18-29(4)25(31)8-7-14-28(32)17-13-24-22-10-9-20-19-21(30)11-15-26(20,2)23(22)12-16-27(24,28)3/h19,22-24,32H,5-6,8-13,15-18H2,1-4H3/t22?,23?,24?,26-,27-,28-/m0/s1. The Hall–Kier alpha value is -1.60. The molecular formula is C28H41NO3. The zero-order valence-electron chi connectivity index (χ0n) is 20.5. The molecule has 1 N–H and O–H groups in total. The molecule has 0 aromatic rings. The Morgan fingerprint density at radius 1 is 1.16 bits per heavy atom. The van der Waals surface area contributed by atoms with Crippen LogP contribution in [0.4, 0.5) is 0 Å². The van der Waals surface area contributed by atoms with Crippen molar-refractivity contribution in [1.29, 1.82) is 0 Å². The van der Waals surface area contributed by atoms with Gasteiger partial charge in [-0.15, -0.1) is 0 Å². The number of nitrogens with zero attached hydrogens (tertiary/aromatic N) is 1. The first kappa shape index (κ1) is 23.6. The van der Waals surface area contributed by atoms with E-state index in [1.165, 1.54) is 5.57 Å². The Morgan fingerprint density at radius 3 is 2.66 bits per heavy atom. The largest absolute Gasteiger partial charge is 0.377 e. The molecule has 0 spiro atoms. The van der Waals surface area contributed by atoms with Crippen molar-refractivity contribution in [3.8, 4) is 11.8 Å². The van der Waals surface area contributed by atoms with Gasteiger partial charge in [-0.1, -0.05) is 44.6 Å². The number of allylic oxidation sites excluding steroid dienone is 1. The molecular weight excluding hydrogens is 398 g/mol. The highest BCUT2D eigenvalue weighted by atomic mass is 16.3. The van der Waals surface area contributed by atoms with Gasteiger partial charge in [-0.3, -0.25) is 9.59 Å². The van der Waals surface area contributed by atoms with Crippen LogP contribution in [-0.4, -0.2) is 40.9 Å². The second kappa shape index (κ2) is 8.64. The maximum atomic E-state index is 12.4. The lowest BCUT2D eigenvalue weighted by Gasteiger charge is -2.58. The van der Waals surface area contributed by atoms with Crippen molar-refractivity contribution < 1.29 is 14.7 Å². The van der Waals surface area contributed by atoms with Gasteiger partial charge in [-0.2, -0.15) is 0 Å². The quantitative estimate of drug-likeness (QED) is 0.634. The van der Waals surface area contributed by atoms with Crippen molar-refractivity contribution in [3.05, 3.63) is 11.6 Å². The van der Waals surface area contributed by atoms with E-state index in [0.29, 0.717) is 36.4 Å². The van der Waals surface area contributed by atoms with Crippen LogP contribution >= 0.6 is 0 Å². The summed E-state index contributed by atoms with van der Waals surface area (Å²) in [4.78, 5) is 26.2. The molecule has 4 heteroatoms. The number of unbranched alkanes of at least 4 members (excludes halogenated alkanes) is 1. The lowest BCUT2D eigenvalue weighted by atomic mass is 9.46. The zero-order chi connectivity index (χ0) is 23.1. The maximum Gasteiger partial charge on any atom is 0.234 e. The molecule has 4 rings (SSSR count). The first-order valence-electron chi connectivity index (χ1n) is 12.8. The summed E-state index contributed by atoms with van der Waals surface area (Å²) >= 11 is 0. The number of amides is 1. The Balaban J connectivity index is 1.49. The molecule has 6 atom stereocenters. The molecule has 0 aliphatic heterocycles. The smallest absolute Gasteiger partial charge is 0.234 e. The minimum absolute atomic E-state index is 0.0457. The van der Waals surface area contributed by atoms with Gasteiger partial charge in [0.15, 0.2) is 5.78 Å². The molecule has 0 saturated heterocycles. The normalized spacial score (nSPS) is 40.3. The summed E-state index contributed by atoms with van der Waals surface area (Å²) in [6.45, 7) is 7.54. The molecule has 3 fully saturated rings. The lowest BCUT2D eigenvalue weighted by molar-refractivity contribution is -0.128. The molecule has 0 bridgehead atoms. The topological polar surface area (TPSA) is 57.6 Å². The second-order valence-corrected chi connectivity index (χ2v) is 11.5. The van der Waals surface area contributed by atoms with E-state index in [9.17, 15) is 14.7 Å². The highest BCUT2D eigenvalue weighted by Gasteiger charge is 2.63. The van der Waals surface area contributed by atoms with Crippen LogP contribution < -0.4 is 0 Å². The van der Waals surface area contributed by atoms with Crippen molar-refractivity contribution in [2.24, 2.45) is 28.6 Å². The van der Waals surface area contributed by atoms with Crippen molar-refractivity contribution in [1.82, 2.24) is 4.90 Å². The van der Waals surface area contributed by atoms with Crippen molar-refractivity contribution >= 4 is 11.7 Å². The summed E-state index contributed by atoms with van der Waals surface area (Å²) in [5, 5.41) is 11.7. The first-order valence-corrected chi connectivity index (χ1v) is 12.8. The summed E-state index contributed by atoms with van der Waals surface area (Å²) < 4.78 is 0. The van der Waals surface area contributed by atoms with Crippen molar-refractivity contribution in [3.63, 3.8) is 0 Å². The van der Waals surface area contributed by atoms with Crippen LogP contribution in [0.2, 0.25) is 0 Å². The van der Waals surface area contributed by atoms with Gasteiger partial charge in [-0.25, -0.2) is 0 Å². The minimum atomic E-state index is -0.996. The Kier molecular flexibility index (Phi) is 6.36. The maximum absolute atomic E-state index is 12.4. The molecule has 4 aliphatic carbocycles. The van der Waals surface area contributed by atoms with E-state index in [4.69, 9.17) is 0 Å². The Morgan fingerprint density at radius 2 is 1.91 bits per heavy atom. The third-order valence-corrected chi connectivity index (χ3v) is 9.92. The monoisotopic (exact) mass is 439 g/mol. The van der Waals surface area contributed by atoms with Crippen LogP contribution in [0.5, 0.6) is 0 Å². The number of rotatable bonds is 4. The molecule has 4 aliphatic rings. The molecule has 0 heterocycles. The van der Waals surface area contributed by atoms with Crippen LogP contribution in [0.3, 0.4) is 0 Å². The van der Waals surface area contributed by atoms with E-state index in [1.54, 1.807) is 4.90 Å². The van der Waals surface area contributed by atoms with E-state index in [-0.39, 0.29) is 23.2 Å². The van der Waals surface area contributed by atoms with Gasteiger partial charge in [-0.05, 0) is 80.6 Å². The fourth-order valence-corrected chi connectivity index (χ4v) is 7.70.